The Morgan fingerprint density at radius 3 is 2.00 bits per heavy atom. The Balaban J connectivity index is 1.60. The summed E-state index contributed by atoms with van der Waals surface area (Å²) in [5.41, 5.74) is 3.29. The molecule has 0 N–H and O–H groups in total. The lowest BCUT2D eigenvalue weighted by molar-refractivity contribution is -0.120. The molecule has 1 heterocycles. The second kappa shape index (κ2) is 9.27. The van der Waals surface area contributed by atoms with E-state index in [-0.39, 0.29) is 11.6 Å². The lowest BCUT2D eigenvalue weighted by atomic mass is 9.80. The van der Waals surface area contributed by atoms with Gasteiger partial charge >= 0.3 is 0 Å². The molecule has 1 aromatic heterocycles. The standard InChI is InChI=1S/C28H20N2O2S/c31-27-23-16-8-7-15-22(23)26(30-29-18-21-14-9-17-33-21)25(27)28(32)24(19-10-3-1-4-11-19)20-12-5-2-6-13-20/h1-18,24-25H/b29-18-,30-26+. The number of fused-ring (bicyclic) bond motifs is 1. The van der Waals surface area contributed by atoms with Crippen LogP contribution in [0.1, 0.15) is 37.8 Å². The molecule has 0 amide bonds. The fraction of sp³-hybridized carbons (Fsp3) is 0.0714. The second-order valence-electron chi connectivity index (χ2n) is 7.74. The van der Waals surface area contributed by atoms with Gasteiger partial charge in [-0.2, -0.15) is 10.2 Å². The number of benzene rings is 3. The number of Topliss-reactive ketones (excluding diaryl/α,β-unsaturated/α-hetero) is 2. The number of hydrogen-bond donors (Lipinski definition) is 0. The number of nitrogens with zero attached hydrogens (tertiary/aromatic N) is 2. The summed E-state index contributed by atoms with van der Waals surface area (Å²) in [6.07, 6.45) is 1.65. The van der Waals surface area contributed by atoms with Crippen molar-refractivity contribution in [2.45, 2.75) is 5.92 Å². The third-order valence-electron chi connectivity index (χ3n) is 5.73. The first-order valence-corrected chi connectivity index (χ1v) is 11.5. The number of rotatable bonds is 6. The van der Waals surface area contributed by atoms with Crippen molar-refractivity contribution in [1.82, 2.24) is 0 Å². The van der Waals surface area contributed by atoms with Crippen LogP contribution >= 0.6 is 11.3 Å². The lowest BCUT2D eigenvalue weighted by Gasteiger charge is -2.20. The van der Waals surface area contributed by atoms with E-state index in [1.165, 1.54) is 0 Å². The molecular formula is C28H20N2O2S. The van der Waals surface area contributed by atoms with Gasteiger partial charge in [-0.05, 0) is 22.6 Å². The van der Waals surface area contributed by atoms with Gasteiger partial charge in [0.15, 0.2) is 11.6 Å². The van der Waals surface area contributed by atoms with Crippen molar-refractivity contribution in [1.29, 1.82) is 0 Å². The van der Waals surface area contributed by atoms with Crippen molar-refractivity contribution in [2.24, 2.45) is 16.1 Å². The van der Waals surface area contributed by atoms with Crippen LogP contribution in [0.25, 0.3) is 0 Å². The van der Waals surface area contributed by atoms with Crippen LogP contribution in [0, 0.1) is 5.92 Å². The molecule has 1 unspecified atom stereocenters. The van der Waals surface area contributed by atoms with Gasteiger partial charge in [0.1, 0.15) is 5.92 Å². The molecule has 160 valence electrons. The minimum atomic E-state index is -1.01. The van der Waals surface area contributed by atoms with Crippen molar-refractivity contribution < 1.29 is 9.59 Å². The van der Waals surface area contributed by atoms with Gasteiger partial charge in [-0.1, -0.05) is 91.0 Å². The number of carbonyl (C=O) groups excluding carboxylic acids is 2. The molecule has 0 spiro atoms. The fourth-order valence-electron chi connectivity index (χ4n) is 4.22. The highest BCUT2D eigenvalue weighted by atomic mass is 32.1. The summed E-state index contributed by atoms with van der Waals surface area (Å²) in [6.45, 7) is 0. The summed E-state index contributed by atoms with van der Waals surface area (Å²) >= 11 is 1.55. The smallest absolute Gasteiger partial charge is 0.180 e. The number of hydrogen-bond acceptors (Lipinski definition) is 5. The zero-order chi connectivity index (χ0) is 22.6. The van der Waals surface area contributed by atoms with Gasteiger partial charge in [0.25, 0.3) is 0 Å². The van der Waals surface area contributed by atoms with E-state index >= 15 is 0 Å². The van der Waals surface area contributed by atoms with Crippen molar-refractivity contribution in [3.05, 3.63) is 130 Å². The molecule has 5 heteroatoms. The van der Waals surface area contributed by atoms with Gasteiger partial charge in [-0.3, -0.25) is 9.59 Å². The summed E-state index contributed by atoms with van der Waals surface area (Å²) in [7, 11) is 0. The van der Waals surface area contributed by atoms with E-state index in [1.54, 1.807) is 23.6 Å². The molecule has 0 radical (unpaired) electrons. The summed E-state index contributed by atoms with van der Waals surface area (Å²) in [5.74, 6) is -2.01. The molecule has 0 aliphatic heterocycles. The van der Waals surface area contributed by atoms with E-state index in [2.05, 4.69) is 10.2 Å². The summed E-state index contributed by atoms with van der Waals surface area (Å²) in [4.78, 5) is 28.5. The van der Waals surface area contributed by atoms with E-state index < -0.39 is 11.8 Å². The highest BCUT2D eigenvalue weighted by Gasteiger charge is 2.44. The molecule has 1 aliphatic carbocycles. The first kappa shape index (κ1) is 20.9. The van der Waals surface area contributed by atoms with Crippen molar-refractivity contribution in [2.75, 3.05) is 0 Å². The van der Waals surface area contributed by atoms with Crippen LogP contribution in [0.4, 0.5) is 0 Å². The molecule has 4 aromatic rings. The van der Waals surface area contributed by atoms with Crippen LogP contribution in [0.15, 0.2) is 113 Å². The third kappa shape index (κ3) is 4.11. The molecule has 0 saturated carbocycles. The van der Waals surface area contributed by atoms with Crippen LogP contribution in [-0.4, -0.2) is 23.5 Å². The van der Waals surface area contributed by atoms with E-state index in [9.17, 15) is 9.59 Å². The van der Waals surface area contributed by atoms with E-state index in [0.29, 0.717) is 16.8 Å². The molecule has 3 aromatic carbocycles. The fourth-order valence-corrected chi connectivity index (χ4v) is 4.80. The predicted octanol–water partition coefficient (Wildman–Crippen LogP) is 5.79. The lowest BCUT2D eigenvalue weighted by Crippen LogP contribution is -2.31. The van der Waals surface area contributed by atoms with Crippen molar-refractivity contribution in [3.8, 4) is 0 Å². The molecule has 0 fully saturated rings. The SMILES string of the molecule is O=C1c2ccccc2/C(=N\N=C/c2cccs2)C1C(=O)C(c1ccccc1)c1ccccc1. The van der Waals surface area contributed by atoms with Gasteiger partial charge in [0.05, 0.1) is 17.8 Å². The molecule has 4 nitrogen and oxygen atoms in total. The summed E-state index contributed by atoms with van der Waals surface area (Å²) < 4.78 is 0. The molecule has 0 bridgehead atoms. The van der Waals surface area contributed by atoms with Gasteiger partial charge in [0, 0.05) is 16.0 Å². The molecular weight excluding hydrogens is 428 g/mol. The predicted molar refractivity (Wildman–Crippen MR) is 132 cm³/mol. The Morgan fingerprint density at radius 2 is 1.39 bits per heavy atom. The maximum atomic E-state index is 14.1. The molecule has 5 rings (SSSR count). The average Bonchev–Trinajstić information content (AvgIpc) is 3.47. The first-order valence-electron chi connectivity index (χ1n) is 10.7. The number of thiophene rings is 1. The van der Waals surface area contributed by atoms with E-state index in [0.717, 1.165) is 16.0 Å². The van der Waals surface area contributed by atoms with Gasteiger partial charge in [-0.15, -0.1) is 11.3 Å². The number of ketones is 2. The Hall–Kier alpha value is -3.96. The van der Waals surface area contributed by atoms with Crippen molar-refractivity contribution in [3.63, 3.8) is 0 Å². The highest BCUT2D eigenvalue weighted by molar-refractivity contribution is 7.11. The monoisotopic (exact) mass is 448 g/mol. The van der Waals surface area contributed by atoms with Gasteiger partial charge < -0.3 is 0 Å². The van der Waals surface area contributed by atoms with Gasteiger partial charge in [0.2, 0.25) is 0 Å². The van der Waals surface area contributed by atoms with Gasteiger partial charge in [-0.25, -0.2) is 0 Å². The Morgan fingerprint density at radius 1 is 0.788 bits per heavy atom. The topological polar surface area (TPSA) is 58.9 Å². The normalized spacial score (nSPS) is 16.6. The van der Waals surface area contributed by atoms with Crippen LogP contribution in [-0.2, 0) is 4.79 Å². The minimum Gasteiger partial charge on any atom is -0.297 e. The summed E-state index contributed by atoms with van der Waals surface area (Å²) in [6, 6.07) is 30.3. The van der Waals surface area contributed by atoms with Crippen molar-refractivity contribution >= 4 is 34.8 Å². The quantitative estimate of drug-likeness (QED) is 0.213. The Bertz CT molecular complexity index is 1300. The molecule has 1 atom stereocenters. The maximum Gasteiger partial charge on any atom is 0.180 e. The zero-order valence-corrected chi connectivity index (χ0v) is 18.5. The molecule has 1 aliphatic rings. The second-order valence-corrected chi connectivity index (χ2v) is 8.72. The third-order valence-corrected chi connectivity index (χ3v) is 6.54. The molecule has 0 saturated heterocycles. The number of carbonyl (C=O) groups is 2. The van der Waals surface area contributed by atoms with Crippen LogP contribution in [0.5, 0.6) is 0 Å². The summed E-state index contributed by atoms with van der Waals surface area (Å²) in [5, 5.41) is 10.6. The first-order chi connectivity index (χ1) is 16.2. The molecule has 33 heavy (non-hydrogen) atoms. The zero-order valence-electron chi connectivity index (χ0n) is 17.7. The van der Waals surface area contributed by atoms with Crippen LogP contribution in [0.3, 0.4) is 0 Å². The highest BCUT2D eigenvalue weighted by Crippen LogP contribution is 2.35. The van der Waals surface area contributed by atoms with E-state index in [1.807, 2.05) is 96.4 Å². The van der Waals surface area contributed by atoms with Crippen LogP contribution in [0.2, 0.25) is 0 Å². The maximum absolute atomic E-state index is 14.1. The minimum absolute atomic E-state index is 0.196. The van der Waals surface area contributed by atoms with E-state index in [4.69, 9.17) is 0 Å². The Labute approximate surface area is 196 Å². The Kier molecular flexibility index (Phi) is 5.87. The largest absolute Gasteiger partial charge is 0.297 e. The van der Waals surface area contributed by atoms with Crippen LogP contribution < -0.4 is 0 Å². The average molecular weight is 449 g/mol.